The zero-order chi connectivity index (χ0) is 20.7. The van der Waals surface area contributed by atoms with E-state index in [1.165, 1.54) is 0 Å². The third-order valence-corrected chi connectivity index (χ3v) is 5.77. The molecule has 3 aliphatic heterocycles. The minimum atomic E-state index is -0.285. The molecule has 30 heavy (non-hydrogen) atoms. The van der Waals surface area contributed by atoms with E-state index in [2.05, 4.69) is 25.5 Å². The molecule has 0 spiro atoms. The first-order valence-electron chi connectivity index (χ1n) is 10.4. The molecule has 0 aliphatic carbocycles. The number of ether oxygens (including phenoxy) is 1. The van der Waals surface area contributed by atoms with Crippen LogP contribution in [0.2, 0.25) is 0 Å². The standard InChI is InChI=1S/C21H24N6O3/c1-2-22-20(28)15-5-6-16-19(24-15)27(14-7-8-26(16)12-14)21(29)25-18-10-13-4-3-9-30-17(13)11-23-18/h5-6,10-11,14H,2-4,7-9,12H2,1H3,(H,22,28)(H,23,25,29). The highest BCUT2D eigenvalue weighted by Gasteiger charge is 2.40. The van der Waals surface area contributed by atoms with Gasteiger partial charge in [0.2, 0.25) is 0 Å². The Morgan fingerprint density at radius 1 is 1.33 bits per heavy atom. The molecular formula is C21H24N6O3. The number of pyridine rings is 2. The van der Waals surface area contributed by atoms with Crippen LogP contribution in [0.15, 0.2) is 24.4 Å². The summed E-state index contributed by atoms with van der Waals surface area (Å²) in [5.74, 6) is 1.55. The molecule has 9 nitrogen and oxygen atoms in total. The van der Waals surface area contributed by atoms with Crippen molar-refractivity contribution in [2.45, 2.75) is 32.2 Å². The Balaban J connectivity index is 1.45. The van der Waals surface area contributed by atoms with Crippen LogP contribution in [-0.4, -0.2) is 54.2 Å². The lowest BCUT2D eigenvalue weighted by Crippen LogP contribution is -2.48. The summed E-state index contributed by atoms with van der Waals surface area (Å²) in [7, 11) is 0. The smallest absolute Gasteiger partial charge is 0.329 e. The minimum absolute atomic E-state index is 0.00967. The molecule has 9 heteroatoms. The third-order valence-electron chi connectivity index (χ3n) is 5.77. The van der Waals surface area contributed by atoms with Crippen LogP contribution in [0.1, 0.15) is 35.8 Å². The first-order valence-corrected chi connectivity index (χ1v) is 10.4. The number of urea groups is 1. The topological polar surface area (TPSA) is 99.7 Å². The number of fused-ring (bicyclic) bond motifs is 5. The van der Waals surface area contributed by atoms with E-state index in [1.54, 1.807) is 17.2 Å². The quantitative estimate of drug-likeness (QED) is 0.808. The number of hydrogen-bond acceptors (Lipinski definition) is 6. The zero-order valence-electron chi connectivity index (χ0n) is 16.9. The van der Waals surface area contributed by atoms with Gasteiger partial charge in [-0.1, -0.05) is 0 Å². The van der Waals surface area contributed by atoms with Gasteiger partial charge in [0, 0.05) is 19.6 Å². The third kappa shape index (κ3) is 3.20. The van der Waals surface area contributed by atoms with Gasteiger partial charge in [-0.2, -0.15) is 0 Å². The van der Waals surface area contributed by atoms with Gasteiger partial charge in [-0.25, -0.2) is 14.8 Å². The first-order chi connectivity index (χ1) is 14.6. The molecule has 2 aromatic heterocycles. The highest BCUT2D eigenvalue weighted by atomic mass is 16.5. The van der Waals surface area contributed by atoms with E-state index in [1.807, 2.05) is 19.1 Å². The molecule has 5 heterocycles. The van der Waals surface area contributed by atoms with Crippen molar-refractivity contribution in [2.24, 2.45) is 0 Å². The zero-order valence-corrected chi connectivity index (χ0v) is 16.9. The molecule has 2 aromatic rings. The maximum atomic E-state index is 13.3. The van der Waals surface area contributed by atoms with E-state index in [0.717, 1.165) is 49.4 Å². The SMILES string of the molecule is CCNC(=O)c1ccc2c(n1)N(C(=O)Nc1cc3c(cn1)OCCC3)C1CCN2C1. The van der Waals surface area contributed by atoms with Gasteiger partial charge in [-0.05, 0) is 49.9 Å². The van der Waals surface area contributed by atoms with E-state index in [4.69, 9.17) is 4.74 Å². The Kier molecular flexibility index (Phi) is 4.65. The second-order valence-corrected chi connectivity index (χ2v) is 7.72. The first kappa shape index (κ1) is 18.7. The Bertz CT molecular complexity index is 1010. The summed E-state index contributed by atoms with van der Waals surface area (Å²) in [6.45, 7) is 4.69. The molecule has 0 radical (unpaired) electrons. The summed E-state index contributed by atoms with van der Waals surface area (Å²) in [6, 6.07) is 5.19. The van der Waals surface area contributed by atoms with Crippen LogP contribution in [0.25, 0.3) is 0 Å². The minimum Gasteiger partial charge on any atom is -0.492 e. The van der Waals surface area contributed by atoms with Gasteiger partial charge >= 0.3 is 6.03 Å². The molecule has 1 saturated heterocycles. The molecule has 5 rings (SSSR count). The Morgan fingerprint density at radius 3 is 3.10 bits per heavy atom. The van der Waals surface area contributed by atoms with Gasteiger partial charge in [0.25, 0.3) is 5.91 Å². The highest BCUT2D eigenvalue weighted by Crippen LogP contribution is 2.39. The van der Waals surface area contributed by atoms with Crippen molar-refractivity contribution in [3.05, 3.63) is 35.7 Å². The number of aromatic nitrogens is 2. The predicted molar refractivity (Wildman–Crippen MR) is 112 cm³/mol. The fourth-order valence-electron chi connectivity index (χ4n) is 4.34. The number of carbonyl (C=O) groups excluding carboxylic acids is 2. The Morgan fingerprint density at radius 2 is 2.23 bits per heavy atom. The molecule has 0 aromatic carbocycles. The second-order valence-electron chi connectivity index (χ2n) is 7.72. The lowest BCUT2D eigenvalue weighted by atomic mass is 10.1. The van der Waals surface area contributed by atoms with Gasteiger partial charge in [-0.15, -0.1) is 0 Å². The molecule has 156 valence electrons. The van der Waals surface area contributed by atoms with Gasteiger partial charge < -0.3 is 15.0 Å². The Hall–Kier alpha value is -3.36. The van der Waals surface area contributed by atoms with E-state index in [-0.39, 0.29) is 18.0 Å². The van der Waals surface area contributed by atoms with E-state index < -0.39 is 0 Å². The summed E-state index contributed by atoms with van der Waals surface area (Å²) in [6.07, 6.45) is 4.37. The normalized spacial score (nSPS) is 18.9. The number of nitrogens with one attached hydrogen (secondary N) is 2. The monoisotopic (exact) mass is 408 g/mol. The Labute approximate surface area is 174 Å². The molecular weight excluding hydrogens is 384 g/mol. The lowest BCUT2D eigenvalue weighted by Gasteiger charge is -2.35. The number of aryl methyl sites for hydroxylation is 1. The van der Waals surface area contributed by atoms with Crippen LogP contribution in [0, 0.1) is 0 Å². The molecule has 2 N–H and O–H groups in total. The van der Waals surface area contributed by atoms with Gasteiger partial charge in [0.1, 0.15) is 17.3 Å². The maximum absolute atomic E-state index is 13.3. The van der Waals surface area contributed by atoms with E-state index >= 15 is 0 Å². The number of nitrogens with zero attached hydrogens (tertiary/aromatic N) is 4. The van der Waals surface area contributed by atoms with Gasteiger partial charge in [0.05, 0.1) is 24.5 Å². The number of amides is 3. The molecule has 0 saturated carbocycles. The van der Waals surface area contributed by atoms with E-state index in [9.17, 15) is 9.59 Å². The summed E-state index contributed by atoms with van der Waals surface area (Å²) in [4.78, 5) is 38.4. The number of hydrogen-bond donors (Lipinski definition) is 2. The van der Waals surface area contributed by atoms with Gasteiger partial charge in [-0.3, -0.25) is 15.0 Å². The van der Waals surface area contributed by atoms with Crippen molar-refractivity contribution in [3.63, 3.8) is 0 Å². The summed E-state index contributed by atoms with van der Waals surface area (Å²) >= 11 is 0. The molecule has 1 fully saturated rings. The highest BCUT2D eigenvalue weighted by molar-refractivity contribution is 6.05. The average molecular weight is 408 g/mol. The van der Waals surface area contributed by atoms with Crippen LogP contribution in [0.3, 0.4) is 0 Å². The van der Waals surface area contributed by atoms with Crippen LogP contribution in [0.5, 0.6) is 5.75 Å². The maximum Gasteiger partial charge on any atom is 0.329 e. The van der Waals surface area contributed by atoms with Crippen molar-refractivity contribution in [3.8, 4) is 5.75 Å². The number of anilines is 3. The molecule has 3 aliphatic rings. The van der Waals surface area contributed by atoms with E-state index in [0.29, 0.717) is 30.5 Å². The summed E-state index contributed by atoms with van der Waals surface area (Å²) in [5, 5.41) is 5.68. The number of carbonyl (C=O) groups is 2. The van der Waals surface area contributed by atoms with Crippen LogP contribution < -0.4 is 25.2 Å². The van der Waals surface area contributed by atoms with Crippen LogP contribution >= 0.6 is 0 Å². The largest absolute Gasteiger partial charge is 0.492 e. The van der Waals surface area contributed by atoms with Crippen LogP contribution in [0.4, 0.5) is 22.1 Å². The van der Waals surface area contributed by atoms with Crippen molar-refractivity contribution < 1.29 is 14.3 Å². The number of rotatable bonds is 3. The fraction of sp³-hybridized carbons (Fsp3) is 0.429. The fourth-order valence-corrected chi connectivity index (χ4v) is 4.34. The molecule has 2 bridgehead atoms. The second kappa shape index (κ2) is 7.47. The predicted octanol–water partition coefficient (Wildman–Crippen LogP) is 2.18. The van der Waals surface area contributed by atoms with Crippen molar-refractivity contribution >= 4 is 29.3 Å². The molecule has 1 atom stereocenters. The molecule has 1 unspecified atom stereocenters. The lowest BCUT2D eigenvalue weighted by molar-refractivity contribution is 0.0951. The summed E-state index contributed by atoms with van der Waals surface area (Å²) < 4.78 is 5.60. The van der Waals surface area contributed by atoms with Crippen molar-refractivity contribution in [1.82, 2.24) is 15.3 Å². The van der Waals surface area contributed by atoms with Crippen molar-refractivity contribution in [1.29, 1.82) is 0 Å². The molecule has 3 amide bonds. The van der Waals surface area contributed by atoms with Crippen molar-refractivity contribution in [2.75, 3.05) is 41.4 Å². The van der Waals surface area contributed by atoms with Crippen LogP contribution in [-0.2, 0) is 6.42 Å². The average Bonchev–Trinajstić information content (AvgIpc) is 3.18. The summed E-state index contributed by atoms with van der Waals surface area (Å²) in [5.41, 5.74) is 2.23. The van der Waals surface area contributed by atoms with Gasteiger partial charge in [0.15, 0.2) is 5.82 Å².